The molecule has 1 fully saturated rings. The fourth-order valence-corrected chi connectivity index (χ4v) is 2.75. The zero-order valence-corrected chi connectivity index (χ0v) is 15.4. The van der Waals surface area contributed by atoms with Crippen LogP contribution in [0.1, 0.15) is 27.2 Å². The molecular formula is C14H27N3O6S. The van der Waals surface area contributed by atoms with E-state index in [1.807, 2.05) is 7.05 Å². The van der Waals surface area contributed by atoms with Crippen LogP contribution < -0.4 is 5.32 Å². The fraction of sp³-hybridized carbons (Fsp3) is 0.857. The average Bonchev–Trinajstić information content (AvgIpc) is 2.40. The maximum Gasteiger partial charge on any atom is 0.408 e. The molecule has 9 nitrogen and oxygen atoms in total. The molecule has 1 aliphatic rings. The summed E-state index contributed by atoms with van der Waals surface area (Å²) in [4.78, 5) is 28.1. The summed E-state index contributed by atoms with van der Waals surface area (Å²) in [5.41, 5.74) is -0.741. The van der Waals surface area contributed by atoms with E-state index in [0.717, 1.165) is 0 Å². The van der Waals surface area contributed by atoms with E-state index in [4.69, 9.17) is 9.29 Å². The third-order valence-electron chi connectivity index (χ3n) is 3.47. The number of alkyl carbamates (subject to hydrolysis) is 1. The molecule has 1 heterocycles. The van der Waals surface area contributed by atoms with Gasteiger partial charge in [0.25, 0.3) is 10.1 Å². The Balaban J connectivity index is 2.76. The summed E-state index contributed by atoms with van der Waals surface area (Å²) in [5.74, 6) is -0.995. The number of rotatable bonds is 5. The van der Waals surface area contributed by atoms with Crippen LogP contribution in [0.15, 0.2) is 0 Å². The number of nitrogens with one attached hydrogen (secondary N) is 1. The molecule has 1 atom stereocenters. The zero-order chi connectivity index (χ0) is 18.5. The number of amides is 2. The molecule has 24 heavy (non-hydrogen) atoms. The highest BCUT2D eigenvalue weighted by molar-refractivity contribution is 7.85. The lowest BCUT2D eigenvalue weighted by Crippen LogP contribution is -2.55. The molecule has 0 spiro atoms. The Hall–Kier alpha value is -1.39. The molecule has 0 aromatic heterocycles. The molecule has 1 saturated heterocycles. The van der Waals surface area contributed by atoms with Gasteiger partial charge in [-0.1, -0.05) is 0 Å². The van der Waals surface area contributed by atoms with Crippen molar-refractivity contribution in [2.45, 2.75) is 38.8 Å². The molecule has 0 aromatic rings. The molecule has 2 amide bonds. The number of hydrogen-bond acceptors (Lipinski definition) is 6. The Bertz CT molecular complexity index is 549. The maximum atomic E-state index is 12.6. The Morgan fingerprint density at radius 3 is 2.21 bits per heavy atom. The topological polar surface area (TPSA) is 116 Å². The van der Waals surface area contributed by atoms with Crippen LogP contribution in [0, 0.1) is 0 Å². The van der Waals surface area contributed by atoms with Gasteiger partial charge in [-0.15, -0.1) is 0 Å². The smallest absolute Gasteiger partial charge is 0.408 e. The standard InChI is InChI=1S/C14H27N3O6S/c1-14(2,3)23-13(19)15-11(5-10-24(20,21)22)12(18)17-8-6-16(4)7-9-17/h11H,5-10H2,1-4H3,(H,15,19)(H,20,21,22)/t11-/m1/s1. The third-order valence-corrected chi connectivity index (χ3v) is 4.22. The lowest BCUT2D eigenvalue weighted by atomic mass is 10.1. The van der Waals surface area contributed by atoms with Crippen molar-refractivity contribution >= 4 is 22.1 Å². The van der Waals surface area contributed by atoms with Crippen molar-refractivity contribution in [3.63, 3.8) is 0 Å². The van der Waals surface area contributed by atoms with Crippen molar-refractivity contribution in [3.05, 3.63) is 0 Å². The first-order chi connectivity index (χ1) is 10.9. The lowest BCUT2D eigenvalue weighted by Gasteiger charge is -2.34. The highest BCUT2D eigenvalue weighted by atomic mass is 32.2. The van der Waals surface area contributed by atoms with Gasteiger partial charge in [0.1, 0.15) is 11.6 Å². The van der Waals surface area contributed by atoms with Crippen LogP contribution in [0.4, 0.5) is 4.79 Å². The number of carbonyl (C=O) groups is 2. The summed E-state index contributed by atoms with van der Waals surface area (Å²) in [6.45, 7) is 7.43. The van der Waals surface area contributed by atoms with E-state index in [0.29, 0.717) is 26.2 Å². The molecule has 0 bridgehead atoms. The van der Waals surface area contributed by atoms with Crippen LogP contribution in [-0.4, -0.2) is 85.4 Å². The van der Waals surface area contributed by atoms with Crippen LogP contribution in [0.5, 0.6) is 0 Å². The number of hydrogen-bond donors (Lipinski definition) is 2. The van der Waals surface area contributed by atoms with E-state index >= 15 is 0 Å². The van der Waals surface area contributed by atoms with Crippen molar-refractivity contribution in [3.8, 4) is 0 Å². The summed E-state index contributed by atoms with van der Waals surface area (Å²) in [7, 11) is -2.29. The highest BCUT2D eigenvalue weighted by Crippen LogP contribution is 2.10. The lowest BCUT2D eigenvalue weighted by molar-refractivity contribution is -0.135. The van der Waals surface area contributed by atoms with Gasteiger partial charge in [0.2, 0.25) is 5.91 Å². The number of nitrogens with zero attached hydrogens (tertiary/aromatic N) is 2. The molecule has 1 aliphatic heterocycles. The number of ether oxygens (including phenoxy) is 1. The van der Waals surface area contributed by atoms with E-state index in [-0.39, 0.29) is 12.3 Å². The number of likely N-dealkylation sites (N-methyl/N-ethyl adjacent to an activating group) is 1. The molecule has 0 aromatic carbocycles. The molecule has 2 N–H and O–H groups in total. The van der Waals surface area contributed by atoms with Gasteiger partial charge >= 0.3 is 6.09 Å². The molecule has 0 saturated carbocycles. The van der Waals surface area contributed by atoms with Gasteiger partial charge < -0.3 is 19.9 Å². The molecule has 0 unspecified atom stereocenters. The molecular weight excluding hydrogens is 338 g/mol. The van der Waals surface area contributed by atoms with E-state index < -0.39 is 33.6 Å². The summed E-state index contributed by atoms with van der Waals surface area (Å²) >= 11 is 0. The molecule has 0 aliphatic carbocycles. The minimum atomic E-state index is -4.23. The molecule has 10 heteroatoms. The van der Waals surface area contributed by atoms with Crippen molar-refractivity contribution in [1.29, 1.82) is 0 Å². The summed E-state index contributed by atoms with van der Waals surface area (Å²) in [5, 5.41) is 2.41. The predicted octanol–water partition coefficient (Wildman–Crippen LogP) is -0.0684. The van der Waals surface area contributed by atoms with Gasteiger partial charge in [0, 0.05) is 26.2 Å². The van der Waals surface area contributed by atoms with E-state index in [1.54, 1.807) is 25.7 Å². The van der Waals surface area contributed by atoms with Crippen LogP contribution >= 0.6 is 0 Å². The van der Waals surface area contributed by atoms with Crippen LogP contribution in [0.25, 0.3) is 0 Å². The first-order valence-electron chi connectivity index (χ1n) is 7.79. The van der Waals surface area contributed by atoms with E-state index in [9.17, 15) is 18.0 Å². The van der Waals surface area contributed by atoms with Crippen molar-refractivity contribution < 1.29 is 27.3 Å². The summed E-state index contributed by atoms with van der Waals surface area (Å²) in [6, 6.07) is -1.06. The van der Waals surface area contributed by atoms with Gasteiger partial charge in [-0.3, -0.25) is 9.35 Å². The summed E-state index contributed by atoms with van der Waals surface area (Å²) < 4.78 is 36.0. The van der Waals surface area contributed by atoms with Crippen LogP contribution in [0.3, 0.4) is 0 Å². The van der Waals surface area contributed by atoms with Crippen molar-refractivity contribution in [1.82, 2.24) is 15.1 Å². The third kappa shape index (κ3) is 7.93. The minimum absolute atomic E-state index is 0.219. The first kappa shape index (κ1) is 20.7. The Morgan fingerprint density at radius 2 is 1.75 bits per heavy atom. The van der Waals surface area contributed by atoms with Crippen LogP contribution in [0.2, 0.25) is 0 Å². The fourth-order valence-electron chi connectivity index (χ4n) is 2.22. The minimum Gasteiger partial charge on any atom is -0.444 e. The van der Waals surface area contributed by atoms with Gasteiger partial charge in [-0.2, -0.15) is 8.42 Å². The van der Waals surface area contributed by atoms with E-state index in [2.05, 4.69) is 10.2 Å². The van der Waals surface area contributed by atoms with Gasteiger partial charge in [-0.25, -0.2) is 4.79 Å². The first-order valence-corrected chi connectivity index (χ1v) is 9.40. The van der Waals surface area contributed by atoms with Crippen molar-refractivity contribution in [2.24, 2.45) is 0 Å². The molecule has 140 valence electrons. The second kappa shape index (κ2) is 8.13. The molecule has 1 rings (SSSR count). The second-order valence-corrected chi connectivity index (χ2v) is 8.47. The van der Waals surface area contributed by atoms with Crippen LogP contribution in [-0.2, 0) is 19.6 Å². The Labute approximate surface area is 143 Å². The van der Waals surface area contributed by atoms with Gasteiger partial charge in [0.05, 0.1) is 5.75 Å². The quantitative estimate of drug-likeness (QED) is 0.655. The zero-order valence-electron chi connectivity index (χ0n) is 14.6. The normalized spacial score (nSPS) is 18.1. The second-order valence-electron chi connectivity index (χ2n) is 6.90. The SMILES string of the molecule is CN1CCN(C(=O)[C@@H](CCS(=O)(=O)O)NC(=O)OC(C)(C)C)CC1. The molecule has 0 radical (unpaired) electrons. The monoisotopic (exact) mass is 365 g/mol. The van der Waals surface area contributed by atoms with Gasteiger partial charge in [-0.05, 0) is 34.2 Å². The maximum absolute atomic E-state index is 12.6. The van der Waals surface area contributed by atoms with Gasteiger partial charge in [0.15, 0.2) is 0 Å². The summed E-state index contributed by atoms with van der Waals surface area (Å²) in [6.07, 6.45) is -1.02. The van der Waals surface area contributed by atoms with Crippen molar-refractivity contribution in [2.75, 3.05) is 39.0 Å². The average molecular weight is 365 g/mol. The van der Waals surface area contributed by atoms with E-state index in [1.165, 1.54) is 0 Å². The predicted molar refractivity (Wildman–Crippen MR) is 88.3 cm³/mol. The Morgan fingerprint density at radius 1 is 1.21 bits per heavy atom. The number of carbonyl (C=O) groups excluding carboxylic acids is 2. The highest BCUT2D eigenvalue weighted by Gasteiger charge is 2.30. The number of piperazine rings is 1. The Kier molecular flexibility index (Phi) is 6.99. The largest absolute Gasteiger partial charge is 0.444 e.